The van der Waals surface area contributed by atoms with Crippen molar-refractivity contribution in [3.8, 4) is 17.2 Å². The number of methoxy groups -OCH3 is 1. The Morgan fingerprint density at radius 3 is 2.44 bits per heavy atom. The van der Waals surface area contributed by atoms with Gasteiger partial charge in [-0.05, 0) is 54.1 Å². The SMILES string of the molecule is COc1ccc(Oc2ccc([N+](=O)[O-])cc2C(=O)Nc2cccc(Cc3n[nH]c(=O)c4ccccc34)c2)cc1. The molecule has 1 amide bonds. The fraction of sp³-hybridized carbons (Fsp3) is 0.0690. The summed E-state index contributed by atoms with van der Waals surface area (Å²) in [5.41, 5.74) is 1.49. The molecule has 5 aromatic rings. The molecular formula is C29H22N4O6. The van der Waals surface area contributed by atoms with Gasteiger partial charge in [0.1, 0.15) is 17.2 Å². The molecule has 4 aromatic carbocycles. The number of carbonyl (C=O) groups excluding carboxylic acids is 1. The van der Waals surface area contributed by atoms with Gasteiger partial charge in [0.05, 0.1) is 28.7 Å². The number of aromatic nitrogens is 2. The van der Waals surface area contributed by atoms with Crippen molar-refractivity contribution in [1.29, 1.82) is 0 Å². The van der Waals surface area contributed by atoms with Gasteiger partial charge in [-0.25, -0.2) is 5.10 Å². The molecule has 39 heavy (non-hydrogen) atoms. The molecule has 0 fully saturated rings. The molecule has 5 rings (SSSR count). The lowest BCUT2D eigenvalue weighted by Gasteiger charge is -2.13. The number of aromatic amines is 1. The summed E-state index contributed by atoms with van der Waals surface area (Å²) in [6.45, 7) is 0. The second kappa shape index (κ2) is 10.9. The molecule has 0 atom stereocenters. The van der Waals surface area contributed by atoms with Gasteiger partial charge < -0.3 is 14.8 Å². The molecule has 0 saturated heterocycles. The smallest absolute Gasteiger partial charge is 0.272 e. The van der Waals surface area contributed by atoms with Crippen LogP contribution in [0.3, 0.4) is 0 Å². The Balaban J connectivity index is 1.41. The van der Waals surface area contributed by atoms with Crippen molar-refractivity contribution in [3.63, 3.8) is 0 Å². The summed E-state index contributed by atoms with van der Waals surface area (Å²) in [7, 11) is 1.54. The topological polar surface area (TPSA) is 136 Å². The van der Waals surface area contributed by atoms with Crippen LogP contribution < -0.4 is 20.3 Å². The summed E-state index contributed by atoms with van der Waals surface area (Å²) >= 11 is 0. The molecule has 10 heteroatoms. The first kappa shape index (κ1) is 25.2. The van der Waals surface area contributed by atoms with Crippen molar-refractivity contribution in [2.75, 3.05) is 12.4 Å². The summed E-state index contributed by atoms with van der Waals surface area (Å²) < 4.78 is 11.0. The van der Waals surface area contributed by atoms with Crippen molar-refractivity contribution < 1.29 is 19.2 Å². The largest absolute Gasteiger partial charge is 0.497 e. The Morgan fingerprint density at radius 1 is 0.949 bits per heavy atom. The number of nitrogens with one attached hydrogen (secondary N) is 2. The van der Waals surface area contributed by atoms with Crippen LogP contribution in [0.15, 0.2) is 95.8 Å². The summed E-state index contributed by atoms with van der Waals surface area (Å²) in [6, 6.07) is 24.9. The van der Waals surface area contributed by atoms with Gasteiger partial charge in [-0.2, -0.15) is 5.10 Å². The summed E-state index contributed by atoms with van der Waals surface area (Å²) in [5.74, 6) is 0.644. The first-order valence-electron chi connectivity index (χ1n) is 11.9. The Morgan fingerprint density at radius 2 is 1.69 bits per heavy atom. The van der Waals surface area contributed by atoms with E-state index in [0.717, 1.165) is 10.9 Å². The predicted molar refractivity (Wildman–Crippen MR) is 146 cm³/mol. The van der Waals surface area contributed by atoms with Crippen molar-refractivity contribution >= 4 is 28.1 Å². The third-order valence-electron chi connectivity index (χ3n) is 6.04. The van der Waals surface area contributed by atoms with Gasteiger partial charge in [-0.1, -0.05) is 30.3 Å². The van der Waals surface area contributed by atoms with E-state index >= 15 is 0 Å². The minimum atomic E-state index is -0.577. The van der Waals surface area contributed by atoms with E-state index < -0.39 is 10.8 Å². The van der Waals surface area contributed by atoms with E-state index in [1.54, 1.807) is 61.7 Å². The number of ether oxygens (including phenoxy) is 2. The highest BCUT2D eigenvalue weighted by Crippen LogP contribution is 2.30. The number of H-pyrrole nitrogens is 1. The Kier molecular flexibility index (Phi) is 7.00. The van der Waals surface area contributed by atoms with E-state index in [4.69, 9.17) is 9.47 Å². The maximum absolute atomic E-state index is 13.3. The number of anilines is 1. The molecule has 0 aliphatic heterocycles. The number of amides is 1. The molecule has 0 aliphatic carbocycles. The molecule has 1 heterocycles. The summed E-state index contributed by atoms with van der Waals surface area (Å²) in [6.07, 6.45) is 0.406. The molecule has 0 radical (unpaired) electrons. The molecule has 0 saturated carbocycles. The van der Waals surface area contributed by atoms with E-state index in [9.17, 15) is 19.7 Å². The first-order chi connectivity index (χ1) is 18.9. The van der Waals surface area contributed by atoms with Crippen LogP contribution in [-0.4, -0.2) is 28.1 Å². The monoisotopic (exact) mass is 522 g/mol. The van der Waals surface area contributed by atoms with Gasteiger partial charge in [0.25, 0.3) is 17.2 Å². The quantitative estimate of drug-likeness (QED) is 0.203. The number of nitro benzene ring substituents is 1. The molecular weight excluding hydrogens is 500 g/mol. The lowest BCUT2D eigenvalue weighted by atomic mass is 10.0. The fourth-order valence-corrected chi connectivity index (χ4v) is 4.13. The molecule has 2 N–H and O–H groups in total. The Bertz CT molecular complexity index is 1750. The number of hydrogen-bond donors (Lipinski definition) is 2. The average molecular weight is 523 g/mol. The van der Waals surface area contributed by atoms with Crippen LogP contribution in [0.4, 0.5) is 11.4 Å². The van der Waals surface area contributed by atoms with Crippen LogP contribution in [0.2, 0.25) is 0 Å². The van der Waals surface area contributed by atoms with E-state index in [-0.39, 0.29) is 22.6 Å². The van der Waals surface area contributed by atoms with Gasteiger partial charge in [-0.15, -0.1) is 0 Å². The summed E-state index contributed by atoms with van der Waals surface area (Å²) in [4.78, 5) is 36.2. The first-order valence-corrected chi connectivity index (χ1v) is 11.9. The van der Waals surface area contributed by atoms with Crippen LogP contribution in [0.1, 0.15) is 21.6 Å². The number of rotatable bonds is 8. The third-order valence-corrected chi connectivity index (χ3v) is 6.04. The van der Waals surface area contributed by atoms with Gasteiger partial charge in [0, 0.05) is 29.6 Å². The third kappa shape index (κ3) is 5.59. The number of carbonyl (C=O) groups is 1. The van der Waals surface area contributed by atoms with Crippen molar-refractivity contribution in [1.82, 2.24) is 10.2 Å². The molecule has 0 unspecified atom stereocenters. The highest BCUT2D eigenvalue weighted by atomic mass is 16.6. The predicted octanol–water partition coefficient (Wildman–Crippen LogP) is 5.48. The molecule has 194 valence electrons. The van der Waals surface area contributed by atoms with Crippen LogP contribution >= 0.6 is 0 Å². The zero-order valence-electron chi connectivity index (χ0n) is 20.7. The Labute approximate surface area is 222 Å². The van der Waals surface area contributed by atoms with Crippen LogP contribution in [0, 0.1) is 10.1 Å². The number of nitrogens with zero attached hydrogens (tertiary/aromatic N) is 2. The lowest BCUT2D eigenvalue weighted by molar-refractivity contribution is -0.384. The molecule has 0 spiro atoms. The van der Waals surface area contributed by atoms with Crippen molar-refractivity contribution in [2.45, 2.75) is 6.42 Å². The second-order valence-electron chi connectivity index (χ2n) is 8.59. The Hall–Kier alpha value is -5.51. The van der Waals surface area contributed by atoms with E-state index in [2.05, 4.69) is 15.5 Å². The van der Waals surface area contributed by atoms with Crippen LogP contribution in [0.25, 0.3) is 10.8 Å². The zero-order chi connectivity index (χ0) is 27.4. The minimum Gasteiger partial charge on any atom is -0.497 e. The lowest BCUT2D eigenvalue weighted by Crippen LogP contribution is -2.14. The molecule has 10 nitrogen and oxygen atoms in total. The maximum atomic E-state index is 13.3. The van der Waals surface area contributed by atoms with E-state index in [1.165, 1.54) is 18.2 Å². The molecule has 0 aliphatic rings. The van der Waals surface area contributed by atoms with Gasteiger partial charge in [0.2, 0.25) is 0 Å². The fourth-order valence-electron chi connectivity index (χ4n) is 4.13. The number of nitro groups is 1. The van der Waals surface area contributed by atoms with Gasteiger partial charge in [0.15, 0.2) is 0 Å². The molecule has 0 bridgehead atoms. The van der Waals surface area contributed by atoms with Gasteiger partial charge >= 0.3 is 0 Å². The number of hydrogen-bond acceptors (Lipinski definition) is 7. The van der Waals surface area contributed by atoms with Crippen molar-refractivity contribution in [2.24, 2.45) is 0 Å². The number of non-ortho nitro benzene ring substituents is 1. The van der Waals surface area contributed by atoms with E-state index in [1.807, 2.05) is 18.2 Å². The van der Waals surface area contributed by atoms with Crippen LogP contribution in [-0.2, 0) is 6.42 Å². The summed E-state index contributed by atoms with van der Waals surface area (Å²) in [5, 5.41) is 22.2. The average Bonchev–Trinajstić information content (AvgIpc) is 2.95. The highest BCUT2D eigenvalue weighted by molar-refractivity contribution is 6.06. The maximum Gasteiger partial charge on any atom is 0.272 e. The standard InChI is InChI=1S/C29H22N4O6/c1-38-21-10-12-22(13-11-21)39-27-14-9-20(33(36)37)17-25(27)28(34)30-19-6-4-5-18(15-19)16-26-23-7-2-3-8-24(23)29(35)32-31-26/h2-15,17H,16H2,1H3,(H,30,34)(H,32,35). The molecule has 1 aromatic heterocycles. The van der Waals surface area contributed by atoms with E-state index in [0.29, 0.717) is 34.7 Å². The normalized spacial score (nSPS) is 10.7. The zero-order valence-corrected chi connectivity index (χ0v) is 20.7. The number of fused-ring (bicyclic) bond motifs is 1. The number of benzene rings is 4. The second-order valence-corrected chi connectivity index (χ2v) is 8.59. The minimum absolute atomic E-state index is 0.00119. The van der Waals surface area contributed by atoms with Crippen LogP contribution in [0.5, 0.6) is 17.2 Å². The highest BCUT2D eigenvalue weighted by Gasteiger charge is 2.19. The van der Waals surface area contributed by atoms with Gasteiger partial charge in [-0.3, -0.25) is 19.7 Å². The van der Waals surface area contributed by atoms with Crippen molar-refractivity contribution in [3.05, 3.63) is 128 Å².